The van der Waals surface area contributed by atoms with E-state index in [-0.39, 0.29) is 5.92 Å². The maximum absolute atomic E-state index is 11.1. The molecule has 2 aromatic rings. The Labute approximate surface area is 103 Å². The number of hydrogen-bond acceptors (Lipinski definition) is 3. The number of aromatic nitrogens is 1. The molecule has 2 rings (SSSR count). The second-order valence-corrected chi connectivity index (χ2v) is 4.32. The van der Waals surface area contributed by atoms with Crippen LogP contribution >= 0.6 is 0 Å². The zero-order chi connectivity index (χ0) is 13.3. The molecule has 0 bridgehead atoms. The topological polar surface area (TPSA) is 83.3 Å². The number of aliphatic carboxylic acids is 1. The first kappa shape index (κ1) is 12.2. The first-order valence-electron chi connectivity index (χ1n) is 5.55. The van der Waals surface area contributed by atoms with Gasteiger partial charge in [0, 0.05) is 6.08 Å². The van der Waals surface area contributed by atoms with Gasteiger partial charge in [-0.3, -0.25) is 4.98 Å². The molecule has 0 spiro atoms. The van der Waals surface area contributed by atoms with Gasteiger partial charge in [-0.15, -0.1) is 0 Å². The molecule has 1 aromatic heterocycles. The Morgan fingerprint density at radius 1 is 1.44 bits per heavy atom. The second kappa shape index (κ2) is 4.52. The van der Waals surface area contributed by atoms with Gasteiger partial charge in [0.05, 0.1) is 5.52 Å². The summed E-state index contributed by atoms with van der Waals surface area (Å²) in [5.74, 6) is -1.45. The summed E-state index contributed by atoms with van der Waals surface area (Å²) < 4.78 is 4.96. The molecule has 0 fully saturated rings. The Morgan fingerprint density at radius 2 is 2.17 bits per heavy atom. The van der Waals surface area contributed by atoms with Gasteiger partial charge < -0.3 is 9.52 Å². The average Bonchev–Trinajstić information content (AvgIpc) is 2.64. The van der Waals surface area contributed by atoms with E-state index in [9.17, 15) is 9.59 Å². The molecule has 0 atom stereocenters. The fraction of sp³-hybridized carbons (Fsp3) is 0.231. The lowest BCUT2D eigenvalue weighted by Gasteiger charge is -2.10. The minimum absolute atomic E-state index is 0.0595. The molecule has 5 heteroatoms. The Kier molecular flexibility index (Phi) is 3.06. The summed E-state index contributed by atoms with van der Waals surface area (Å²) in [5.41, 5.74) is 2.45. The summed E-state index contributed by atoms with van der Waals surface area (Å²) >= 11 is 0. The van der Waals surface area contributed by atoms with Crippen molar-refractivity contribution in [3.8, 4) is 0 Å². The predicted octanol–water partition coefficient (Wildman–Crippen LogP) is 2.25. The highest BCUT2D eigenvalue weighted by molar-refractivity contribution is 5.91. The van der Waals surface area contributed by atoms with Crippen molar-refractivity contribution in [3.05, 3.63) is 40.4 Å². The molecule has 18 heavy (non-hydrogen) atoms. The molecule has 0 radical (unpaired) electrons. The molecule has 5 nitrogen and oxygen atoms in total. The van der Waals surface area contributed by atoms with Gasteiger partial charge in [-0.05, 0) is 29.2 Å². The lowest BCUT2D eigenvalue weighted by atomic mass is 9.95. The van der Waals surface area contributed by atoms with Crippen molar-refractivity contribution in [2.24, 2.45) is 5.92 Å². The third kappa shape index (κ3) is 2.34. The quantitative estimate of drug-likeness (QED) is 0.815. The molecule has 0 amide bonds. The Bertz CT molecular complexity index is 676. The summed E-state index contributed by atoms with van der Waals surface area (Å²) in [6.07, 6.45) is 1.18. The van der Waals surface area contributed by atoms with Crippen molar-refractivity contribution in [2.45, 2.75) is 13.8 Å². The summed E-state index contributed by atoms with van der Waals surface area (Å²) in [5, 5.41) is 8.86. The van der Waals surface area contributed by atoms with Crippen LogP contribution in [0.5, 0.6) is 0 Å². The molecule has 1 heterocycles. The summed E-state index contributed by atoms with van der Waals surface area (Å²) in [6.45, 7) is 3.82. The van der Waals surface area contributed by atoms with E-state index in [1.807, 2.05) is 13.8 Å². The van der Waals surface area contributed by atoms with Crippen LogP contribution in [0.4, 0.5) is 0 Å². The van der Waals surface area contributed by atoms with E-state index in [2.05, 4.69) is 4.98 Å². The van der Waals surface area contributed by atoms with Crippen LogP contribution in [-0.2, 0) is 4.79 Å². The van der Waals surface area contributed by atoms with Gasteiger partial charge in [-0.25, -0.2) is 9.59 Å². The number of nitrogens with one attached hydrogen (secondary N) is 1. The molecule has 0 aliphatic carbocycles. The summed E-state index contributed by atoms with van der Waals surface area (Å²) in [4.78, 5) is 24.4. The van der Waals surface area contributed by atoms with Crippen molar-refractivity contribution in [1.29, 1.82) is 0 Å². The van der Waals surface area contributed by atoms with Gasteiger partial charge in [0.2, 0.25) is 0 Å². The van der Waals surface area contributed by atoms with E-state index in [1.54, 1.807) is 18.2 Å². The third-order valence-corrected chi connectivity index (χ3v) is 2.66. The van der Waals surface area contributed by atoms with Crippen molar-refractivity contribution < 1.29 is 14.3 Å². The van der Waals surface area contributed by atoms with Crippen molar-refractivity contribution in [2.75, 3.05) is 0 Å². The smallest absolute Gasteiger partial charge is 0.417 e. The molecule has 0 saturated carbocycles. The number of carboxylic acid groups (broad SMARTS) is 1. The van der Waals surface area contributed by atoms with Gasteiger partial charge in [-0.1, -0.05) is 19.9 Å². The number of rotatable bonds is 3. The third-order valence-electron chi connectivity index (χ3n) is 2.66. The van der Waals surface area contributed by atoms with E-state index in [0.717, 1.165) is 5.56 Å². The number of H-pyrrole nitrogens is 1. The molecule has 0 aliphatic heterocycles. The maximum atomic E-state index is 11.1. The molecule has 2 N–H and O–H groups in total. The fourth-order valence-electron chi connectivity index (χ4n) is 1.84. The number of carbonyl (C=O) groups is 1. The van der Waals surface area contributed by atoms with E-state index in [0.29, 0.717) is 16.7 Å². The summed E-state index contributed by atoms with van der Waals surface area (Å²) in [7, 11) is 0. The SMILES string of the molecule is CC(C)/C(=C\C(=O)O)c1ccc2[nH]c(=O)oc2c1. The number of fused-ring (bicyclic) bond motifs is 1. The standard InChI is InChI=1S/C13H13NO4/c1-7(2)9(6-12(15)16)8-3-4-10-11(5-8)18-13(17)14-10/h3-7H,1-2H3,(H,14,17)(H,15,16)/b9-6+. The second-order valence-electron chi connectivity index (χ2n) is 4.32. The fourth-order valence-corrected chi connectivity index (χ4v) is 1.84. The van der Waals surface area contributed by atoms with E-state index < -0.39 is 11.7 Å². The molecular weight excluding hydrogens is 234 g/mol. The van der Waals surface area contributed by atoms with Gasteiger partial charge in [-0.2, -0.15) is 0 Å². The zero-order valence-electron chi connectivity index (χ0n) is 10.1. The Balaban J connectivity index is 2.57. The van der Waals surface area contributed by atoms with Crippen LogP contribution in [0.1, 0.15) is 19.4 Å². The van der Waals surface area contributed by atoms with Crippen molar-refractivity contribution >= 4 is 22.6 Å². The van der Waals surface area contributed by atoms with Crippen LogP contribution in [-0.4, -0.2) is 16.1 Å². The van der Waals surface area contributed by atoms with E-state index in [1.165, 1.54) is 6.08 Å². The van der Waals surface area contributed by atoms with Gasteiger partial charge >= 0.3 is 11.7 Å². The van der Waals surface area contributed by atoms with E-state index >= 15 is 0 Å². The van der Waals surface area contributed by atoms with Gasteiger partial charge in [0.15, 0.2) is 5.58 Å². The van der Waals surface area contributed by atoms with Crippen molar-refractivity contribution in [3.63, 3.8) is 0 Å². The van der Waals surface area contributed by atoms with Crippen molar-refractivity contribution in [1.82, 2.24) is 4.98 Å². The highest BCUT2D eigenvalue weighted by Crippen LogP contribution is 2.25. The average molecular weight is 247 g/mol. The minimum Gasteiger partial charge on any atom is -0.478 e. The molecule has 0 saturated heterocycles. The molecule has 94 valence electrons. The first-order chi connectivity index (χ1) is 8.47. The Morgan fingerprint density at radius 3 is 2.78 bits per heavy atom. The number of carboxylic acids is 1. The van der Waals surface area contributed by atoms with Gasteiger partial charge in [0.25, 0.3) is 0 Å². The lowest BCUT2D eigenvalue weighted by Crippen LogP contribution is -1.98. The molecular formula is C13H13NO4. The minimum atomic E-state index is -0.991. The number of aromatic amines is 1. The normalized spacial score (nSPS) is 12.3. The zero-order valence-corrected chi connectivity index (χ0v) is 10.1. The first-order valence-corrected chi connectivity index (χ1v) is 5.55. The molecule has 1 aromatic carbocycles. The largest absolute Gasteiger partial charge is 0.478 e. The lowest BCUT2D eigenvalue weighted by molar-refractivity contribution is -0.131. The molecule has 0 aliphatic rings. The van der Waals surface area contributed by atoms with E-state index in [4.69, 9.17) is 9.52 Å². The van der Waals surface area contributed by atoms with Crippen LogP contribution in [0.15, 0.2) is 33.5 Å². The monoisotopic (exact) mass is 247 g/mol. The number of hydrogen-bond donors (Lipinski definition) is 2. The highest BCUT2D eigenvalue weighted by Gasteiger charge is 2.11. The number of benzene rings is 1. The maximum Gasteiger partial charge on any atom is 0.417 e. The van der Waals surface area contributed by atoms with Crippen LogP contribution in [0, 0.1) is 5.92 Å². The number of oxazole rings is 1. The van der Waals surface area contributed by atoms with Crippen LogP contribution in [0.3, 0.4) is 0 Å². The van der Waals surface area contributed by atoms with Crippen LogP contribution < -0.4 is 5.76 Å². The number of allylic oxidation sites excluding steroid dienone is 1. The highest BCUT2D eigenvalue weighted by atomic mass is 16.4. The summed E-state index contributed by atoms with van der Waals surface area (Å²) in [6, 6.07) is 5.14. The van der Waals surface area contributed by atoms with Crippen LogP contribution in [0.2, 0.25) is 0 Å². The van der Waals surface area contributed by atoms with Crippen LogP contribution in [0.25, 0.3) is 16.7 Å². The van der Waals surface area contributed by atoms with Gasteiger partial charge in [0.1, 0.15) is 0 Å². The predicted molar refractivity (Wildman–Crippen MR) is 67.3 cm³/mol. The molecule has 0 unspecified atom stereocenters. The Hall–Kier alpha value is -2.30.